The predicted molar refractivity (Wildman–Crippen MR) is 127 cm³/mol. The van der Waals surface area contributed by atoms with Crippen LogP contribution in [0, 0.1) is 0 Å². The van der Waals surface area contributed by atoms with Crippen LogP contribution < -0.4 is 4.74 Å². The van der Waals surface area contributed by atoms with Gasteiger partial charge < -0.3 is 19.2 Å². The van der Waals surface area contributed by atoms with Crippen molar-refractivity contribution in [2.24, 2.45) is 0 Å². The molecule has 2 aromatic heterocycles. The van der Waals surface area contributed by atoms with Gasteiger partial charge in [-0.2, -0.15) is 0 Å². The summed E-state index contributed by atoms with van der Waals surface area (Å²) in [6, 6.07) is 16.0. The lowest BCUT2D eigenvalue weighted by Gasteiger charge is -2.22. The van der Waals surface area contributed by atoms with Crippen LogP contribution >= 0.6 is 0 Å². The van der Waals surface area contributed by atoms with E-state index in [4.69, 9.17) is 14.2 Å². The Morgan fingerprint density at radius 3 is 2.64 bits per heavy atom. The molecular formula is C27H28N2O4. The van der Waals surface area contributed by atoms with Crippen LogP contribution in [0.25, 0.3) is 21.8 Å². The second-order valence-electron chi connectivity index (χ2n) is 8.58. The van der Waals surface area contributed by atoms with Gasteiger partial charge in [0.2, 0.25) is 0 Å². The fraction of sp³-hybridized carbons (Fsp3) is 0.333. The van der Waals surface area contributed by atoms with Crippen molar-refractivity contribution in [2.75, 3.05) is 7.11 Å². The maximum Gasteiger partial charge on any atom is 0.357 e. The Hall–Kier alpha value is -3.38. The van der Waals surface area contributed by atoms with Crippen molar-refractivity contribution in [1.29, 1.82) is 0 Å². The molecule has 0 radical (unpaired) electrons. The van der Waals surface area contributed by atoms with Crippen molar-refractivity contribution >= 4 is 27.8 Å². The third-order valence-corrected chi connectivity index (χ3v) is 6.27. The summed E-state index contributed by atoms with van der Waals surface area (Å²) >= 11 is 0. The summed E-state index contributed by atoms with van der Waals surface area (Å²) in [5.41, 5.74) is 3.97. The first-order valence-electron chi connectivity index (χ1n) is 11.5. The van der Waals surface area contributed by atoms with Crippen molar-refractivity contribution in [3.05, 3.63) is 71.5 Å². The molecule has 2 heterocycles. The molecule has 1 saturated carbocycles. The van der Waals surface area contributed by atoms with Gasteiger partial charge in [-0.05, 0) is 49.4 Å². The van der Waals surface area contributed by atoms with Gasteiger partial charge in [0, 0.05) is 29.0 Å². The van der Waals surface area contributed by atoms with E-state index < -0.39 is 0 Å². The number of carbonyl (C=O) groups is 1. The molecule has 0 atom stereocenters. The molecule has 0 amide bonds. The molecule has 0 unspecified atom stereocenters. The van der Waals surface area contributed by atoms with Crippen LogP contribution in [0.4, 0.5) is 0 Å². The largest absolute Gasteiger partial charge is 0.489 e. The van der Waals surface area contributed by atoms with E-state index in [9.17, 15) is 4.79 Å². The van der Waals surface area contributed by atoms with Crippen molar-refractivity contribution in [2.45, 2.75) is 51.4 Å². The fourth-order valence-corrected chi connectivity index (χ4v) is 4.62. The number of fused-ring (bicyclic) bond motifs is 3. The Kier molecular flexibility index (Phi) is 6.26. The number of nitrogens with zero attached hydrogens (tertiary/aromatic N) is 1. The highest BCUT2D eigenvalue weighted by Crippen LogP contribution is 2.33. The number of aromatic nitrogens is 2. The van der Waals surface area contributed by atoms with Gasteiger partial charge >= 0.3 is 5.97 Å². The smallest absolute Gasteiger partial charge is 0.357 e. The Balaban J connectivity index is 1.50. The summed E-state index contributed by atoms with van der Waals surface area (Å²) in [5, 5.41) is 1.89. The Morgan fingerprint density at radius 2 is 1.85 bits per heavy atom. The van der Waals surface area contributed by atoms with Crippen LogP contribution in [0.15, 0.2) is 54.7 Å². The first-order chi connectivity index (χ1) is 16.2. The lowest BCUT2D eigenvalue weighted by atomic mass is 9.98. The first kappa shape index (κ1) is 21.5. The van der Waals surface area contributed by atoms with Gasteiger partial charge in [-0.1, -0.05) is 36.8 Å². The van der Waals surface area contributed by atoms with Crippen LogP contribution in [0.3, 0.4) is 0 Å². The van der Waals surface area contributed by atoms with Crippen LogP contribution in [0.2, 0.25) is 0 Å². The number of pyridine rings is 1. The second kappa shape index (κ2) is 9.63. The molecule has 6 nitrogen and oxygen atoms in total. The van der Waals surface area contributed by atoms with Crippen molar-refractivity contribution in [1.82, 2.24) is 9.97 Å². The zero-order chi connectivity index (χ0) is 22.6. The van der Waals surface area contributed by atoms with Crippen LogP contribution in [0.5, 0.6) is 5.75 Å². The first-order valence-corrected chi connectivity index (χ1v) is 11.5. The van der Waals surface area contributed by atoms with Gasteiger partial charge in [-0.15, -0.1) is 0 Å². The van der Waals surface area contributed by atoms with Gasteiger partial charge in [-0.3, -0.25) is 0 Å². The SMILES string of the molecule is COCc1c(C(=O)OC2CCCCC2)ncc2[nH]c3ccc(OCc4ccccc4)cc3c12. The summed E-state index contributed by atoms with van der Waals surface area (Å²) < 4.78 is 17.3. The quantitative estimate of drug-likeness (QED) is 0.358. The van der Waals surface area contributed by atoms with Gasteiger partial charge in [0.1, 0.15) is 18.5 Å². The molecule has 33 heavy (non-hydrogen) atoms. The van der Waals surface area contributed by atoms with Crippen LogP contribution in [-0.4, -0.2) is 29.2 Å². The van der Waals surface area contributed by atoms with Crippen LogP contribution in [-0.2, 0) is 22.7 Å². The molecule has 170 valence electrons. The molecule has 0 aliphatic heterocycles. The monoisotopic (exact) mass is 444 g/mol. The number of ether oxygens (including phenoxy) is 3. The van der Waals surface area contributed by atoms with E-state index in [1.54, 1.807) is 13.3 Å². The number of rotatable bonds is 7. The number of carbonyl (C=O) groups excluding carboxylic acids is 1. The van der Waals surface area contributed by atoms with Crippen molar-refractivity contribution in [3.63, 3.8) is 0 Å². The predicted octanol–water partition coefficient (Wildman–Crippen LogP) is 5.93. The van der Waals surface area contributed by atoms with E-state index in [-0.39, 0.29) is 18.7 Å². The molecule has 1 N–H and O–H groups in total. The van der Waals surface area contributed by atoms with Gasteiger partial charge in [0.25, 0.3) is 0 Å². The third kappa shape index (κ3) is 4.57. The molecule has 2 aromatic carbocycles. The van der Waals surface area contributed by atoms with Crippen molar-refractivity contribution in [3.8, 4) is 5.75 Å². The lowest BCUT2D eigenvalue weighted by Crippen LogP contribution is -2.22. The van der Waals surface area contributed by atoms with Crippen molar-refractivity contribution < 1.29 is 19.0 Å². The summed E-state index contributed by atoms with van der Waals surface area (Å²) in [7, 11) is 1.62. The summed E-state index contributed by atoms with van der Waals surface area (Å²) in [5.74, 6) is 0.389. The number of methoxy groups -OCH3 is 1. The molecule has 0 bridgehead atoms. The molecule has 1 aliphatic carbocycles. The average Bonchev–Trinajstić information content (AvgIpc) is 3.22. The molecule has 1 aliphatic rings. The van der Waals surface area contributed by atoms with E-state index in [1.165, 1.54) is 6.42 Å². The number of nitrogens with one attached hydrogen (secondary N) is 1. The van der Waals surface area contributed by atoms with E-state index >= 15 is 0 Å². The Labute approximate surface area is 192 Å². The average molecular weight is 445 g/mol. The van der Waals surface area contributed by atoms with E-state index in [0.717, 1.165) is 64.4 Å². The number of hydrogen-bond donors (Lipinski definition) is 1. The third-order valence-electron chi connectivity index (χ3n) is 6.27. The minimum absolute atomic E-state index is 0.0277. The number of H-pyrrole nitrogens is 1. The zero-order valence-corrected chi connectivity index (χ0v) is 18.8. The normalized spacial score (nSPS) is 14.6. The Morgan fingerprint density at radius 1 is 1.03 bits per heavy atom. The lowest BCUT2D eigenvalue weighted by molar-refractivity contribution is 0.0200. The zero-order valence-electron chi connectivity index (χ0n) is 18.8. The standard InChI is InChI=1S/C27H28N2O4/c1-31-17-22-25-21-14-20(32-16-18-8-4-2-5-9-18)12-13-23(21)29-24(25)15-28-26(22)27(30)33-19-10-6-3-7-11-19/h2,4-5,8-9,12-15,19,29H,3,6-7,10-11,16-17H2,1H3. The minimum atomic E-state index is -0.373. The molecule has 0 spiro atoms. The van der Waals surface area contributed by atoms with Gasteiger partial charge in [0.15, 0.2) is 5.69 Å². The molecule has 5 rings (SSSR count). The van der Waals surface area contributed by atoms with E-state index in [0.29, 0.717) is 12.3 Å². The molecule has 6 heteroatoms. The highest BCUT2D eigenvalue weighted by Gasteiger charge is 2.24. The fourth-order valence-electron chi connectivity index (χ4n) is 4.62. The highest BCUT2D eigenvalue weighted by molar-refractivity contribution is 6.11. The van der Waals surface area contributed by atoms with E-state index in [2.05, 4.69) is 9.97 Å². The van der Waals surface area contributed by atoms with Gasteiger partial charge in [-0.25, -0.2) is 9.78 Å². The summed E-state index contributed by atoms with van der Waals surface area (Å²) in [4.78, 5) is 20.9. The van der Waals surface area contributed by atoms with Gasteiger partial charge in [0.05, 0.1) is 18.3 Å². The molecule has 0 saturated heterocycles. The Bertz CT molecular complexity index is 1260. The molecular weight excluding hydrogens is 416 g/mol. The number of aromatic amines is 1. The number of benzene rings is 2. The number of hydrogen-bond acceptors (Lipinski definition) is 5. The molecule has 1 fully saturated rings. The minimum Gasteiger partial charge on any atom is -0.489 e. The molecule has 4 aromatic rings. The van der Waals surface area contributed by atoms with Crippen LogP contribution in [0.1, 0.15) is 53.7 Å². The number of esters is 1. The van der Waals surface area contributed by atoms with E-state index in [1.807, 2.05) is 48.5 Å². The maximum absolute atomic E-state index is 13.1. The highest BCUT2D eigenvalue weighted by atomic mass is 16.5. The summed E-state index contributed by atoms with van der Waals surface area (Å²) in [6.07, 6.45) is 6.92. The maximum atomic E-state index is 13.1. The topological polar surface area (TPSA) is 73.4 Å². The second-order valence-corrected chi connectivity index (χ2v) is 8.58. The summed E-state index contributed by atoms with van der Waals surface area (Å²) in [6.45, 7) is 0.752.